The highest BCUT2D eigenvalue weighted by Crippen LogP contribution is 2.47. The van der Waals surface area contributed by atoms with E-state index in [1.54, 1.807) is 0 Å². The van der Waals surface area contributed by atoms with Crippen LogP contribution in [0, 0.1) is 5.92 Å². The van der Waals surface area contributed by atoms with Gasteiger partial charge in [0.2, 0.25) is 5.91 Å². The van der Waals surface area contributed by atoms with Gasteiger partial charge in [0.05, 0.1) is 5.92 Å². The second-order valence-electron chi connectivity index (χ2n) is 7.88. The SMILES string of the molecule is C=CCN1C[C@H](C(=O)N(CC)CC)C=C2c3cccc4[nH]cc(c34)C[C@]21C. The Balaban J connectivity index is 1.87. The highest BCUT2D eigenvalue weighted by atomic mass is 16.2. The summed E-state index contributed by atoms with van der Waals surface area (Å²) in [5.41, 5.74) is 4.99. The Kier molecular flexibility index (Phi) is 4.47. The minimum atomic E-state index is -0.113. The predicted octanol–water partition coefficient (Wildman–Crippen LogP) is 3.85. The van der Waals surface area contributed by atoms with Gasteiger partial charge in [0.15, 0.2) is 0 Å². The molecule has 0 fully saturated rings. The molecule has 1 aliphatic carbocycles. The van der Waals surface area contributed by atoms with Crippen LogP contribution >= 0.6 is 0 Å². The molecule has 2 aliphatic rings. The molecule has 2 aromatic rings. The van der Waals surface area contributed by atoms with Gasteiger partial charge in [0, 0.05) is 48.8 Å². The van der Waals surface area contributed by atoms with Gasteiger partial charge >= 0.3 is 0 Å². The Morgan fingerprint density at radius 3 is 2.89 bits per heavy atom. The van der Waals surface area contributed by atoms with Gasteiger partial charge in [-0.2, -0.15) is 0 Å². The first kappa shape index (κ1) is 18.1. The van der Waals surface area contributed by atoms with E-state index in [2.05, 4.69) is 67.7 Å². The highest BCUT2D eigenvalue weighted by molar-refractivity contribution is 6.00. The lowest BCUT2D eigenvalue weighted by atomic mass is 9.71. The zero-order valence-corrected chi connectivity index (χ0v) is 16.6. The molecule has 0 saturated heterocycles. The number of aromatic nitrogens is 1. The number of rotatable bonds is 5. The average molecular weight is 364 g/mol. The molecule has 1 aromatic heterocycles. The Bertz CT molecular complexity index is 921. The average Bonchev–Trinajstić information content (AvgIpc) is 3.07. The zero-order chi connectivity index (χ0) is 19.2. The maximum atomic E-state index is 13.1. The summed E-state index contributed by atoms with van der Waals surface area (Å²) in [6, 6.07) is 6.45. The lowest BCUT2D eigenvalue weighted by Crippen LogP contribution is -2.56. The molecule has 1 amide bonds. The summed E-state index contributed by atoms with van der Waals surface area (Å²) in [6.07, 6.45) is 7.32. The number of hydrogen-bond acceptors (Lipinski definition) is 2. The van der Waals surface area contributed by atoms with Crippen LogP contribution in [0.2, 0.25) is 0 Å². The first-order chi connectivity index (χ1) is 13.0. The van der Waals surface area contributed by atoms with Gasteiger partial charge in [0.25, 0.3) is 0 Å². The number of carbonyl (C=O) groups is 1. The Hall–Kier alpha value is -2.33. The maximum Gasteiger partial charge on any atom is 0.230 e. The number of hydrogen-bond donors (Lipinski definition) is 1. The minimum Gasteiger partial charge on any atom is -0.361 e. The molecule has 2 atom stereocenters. The Labute approximate surface area is 161 Å². The third-order valence-electron chi connectivity index (χ3n) is 6.42. The van der Waals surface area contributed by atoms with Crippen molar-refractivity contribution in [3.05, 3.63) is 54.3 Å². The van der Waals surface area contributed by atoms with Crippen molar-refractivity contribution in [3.8, 4) is 0 Å². The van der Waals surface area contributed by atoms with E-state index in [1.165, 1.54) is 27.6 Å². The van der Waals surface area contributed by atoms with E-state index >= 15 is 0 Å². The maximum absolute atomic E-state index is 13.1. The first-order valence-corrected chi connectivity index (χ1v) is 9.99. The predicted molar refractivity (Wildman–Crippen MR) is 112 cm³/mol. The van der Waals surface area contributed by atoms with Gasteiger partial charge in [-0.05, 0) is 50.0 Å². The number of nitrogens with one attached hydrogen (secondary N) is 1. The normalized spacial score (nSPS) is 24.4. The lowest BCUT2D eigenvalue weighted by Gasteiger charge is -2.49. The second kappa shape index (κ2) is 6.68. The zero-order valence-electron chi connectivity index (χ0n) is 16.6. The molecule has 27 heavy (non-hydrogen) atoms. The molecule has 1 aliphatic heterocycles. The number of fused-ring (bicyclic) bond motifs is 2. The van der Waals surface area contributed by atoms with Crippen molar-refractivity contribution in [2.45, 2.75) is 32.7 Å². The molecule has 2 heterocycles. The van der Waals surface area contributed by atoms with E-state index in [-0.39, 0.29) is 17.4 Å². The van der Waals surface area contributed by atoms with Gasteiger partial charge in [-0.1, -0.05) is 24.3 Å². The molecule has 4 heteroatoms. The molecule has 4 nitrogen and oxygen atoms in total. The van der Waals surface area contributed by atoms with Gasteiger partial charge < -0.3 is 9.88 Å². The van der Waals surface area contributed by atoms with Crippen molar-refractivity contribution in [2.24, 2.45) is 5.92 Å². The van der Waals surface area contributed by atoms with E-state index < -0.39 is 0 Å². The van der Waals surface area contributed by atoms with Crippen LogP contribution in [0.3, 0.4) is 0 Å². The van der Waals surface area contributed by atoms with Crippen LogP contribution in [0.4, 0.5) is 0 Å². The second-order valence-corrected chi connectivity index (χ2v) is 7.88. The van der Waals surface area contributed by atoms with Crippen LogP contribution in [0.5, 0.6) is 0 Å². The fraction of sp³-hybridized carbons (Fsp3) is 0.435. The summed E-state index contributed by atoms with van der Waals surface area (Å²) < 4.78 is 0. The quantitative estimate of drug-likeness (QED) is 0.820. The van der Waals surface area contributed by atoms with Gasteiger partial charge in [-0.25, -0.2) is 0 Å². The standard InChI is InChI=1S/C23H29N3O/c1-5-11-26-15-16(22(27)25(6-2)7-3)12-19-18-9-8-10-20-21(18)17(14-24-20)13-23(19,26)4/h5,8-10,12,14,16,24H,1,6-7,11,13,15H2,2-4H3/t16-,23-/m1/s1. The van der Waals surface area contributed by atoms with Crippen molar-refractivity contribution in [2.75, 3.05) is 26.2 Å². The molecule has 1 N–H and O–H groups in total. The minimum absolute atomic E-state index is 0.108. The van der Waals surface area contributed by atoms with Crippen LogP contribution in [-0.2, 0) is 11.2 Å². The van der Waals surface area contributed by atoms with Crippen LogP contribution in [-0.4, -0.2) is 52.4 Å². The van der Waals surface area contributed by atoms with E-state index in [4.69, 9.17) is 0 Å². The molecule has 0 bridgehead atoms. The molecule has 1 aromatic carbocycles. The Morgan fingerprint density at radius 2 is 2.19 bits per heavy atom. The van der Waals surface area contributed by atoms with Gasteiger partial charge in [-0.15, -0.1) is 6.58 Å². The van der Waals surface area contributed by atoms with Crippen LogP contribution in [0.25, 0.3) is 16.5 Å². The number of benzene rings is 1. The van der Waals surface area contributed by atoms with Gasteiger partial charge in [0.1, 0.15) is 0 Å². The van der Waals surface area contributed by atoms with Crippen molar-refractivity contribution in [1.82, 2.24) is 14.8 Å². The topological polar surface area (TPSA) is 39.3 Å². The molecular formula is C23H29N3O. The smallest absolute Gasteiger partial charge is 0.230 e. The molecule has 0 unspecified atom stereocenters. The summed E-state index contributed by atoms with van der Waals surface area (Å²) in [6.45, 7) is 13.4. The fourth-order valence-corrected chi connectivity index (χ4v) is 4.97. The third-order valence-corrected chi connectivity index (χ3v) is 6.42. The lowest BCUT2D eigenvalue weighted by molar-refractivity contribution is -0.134. The first-order valence-electron chi connectivity index (χ1n) is 9.99. The summed E-state index contributed by atoms with van der Waals surface area (Å²) >= 11 is 0. The van der Waals surface area contributed by atoms with Crippen molar-refractivity contribution >= 4 is 22.4 Å². The third kappa shape index (κ3) is 2.66. The van der Waals surface area contributed by atoms with E-state index in [1.807, 2.05) is 11.0 Å². The largest absolute Gasteiger partial charge is 0.361 e. The van der Waals surface area contributed by atoms with E-state index in [0.717, 1.165) is 32.6 Å². The Morgan fingerprint density at radius 1 is 1.41 bits per heavy atom. The summed E-state index contributed by atoms with van der Waals surface area (Å²) in [4.78, 5) is 21.0. The molecule has 0 radical (unpaired) electrons. The van der Waals surface area contributed by atoms with Gasteiger partial charge in [-0.3, -0.25) is 9.69 Å². The monoisotopic (exact) mass is 363 g/mol. The molecule has 0 saturated carbocycles. The number of H-pyrrole nitrogens is 1. The van der Waals surface area contributed by atoms with Crippen LogP contribution in [0.15, 0.2) is 43.1 Å². The molecule has 4 rings (SSSR count). The summed E-state index contributed by atoms with van der Waals surface area (Å²) in [5.74, 6) is 0.124. The molecular weight excluding hydrogens is 334 g/mol. The highest BCUT2D eigenvalue weighted by Gasteiger charge is 2.45. The molecule has 142 valence electrons. The van der Waals surface area contributed by atoms with Crippen LogP contribution in [0.1, 0.15) is 31.9 Å². The fourth-order valence-electron chi connectivity index (χ4n) is 4.97. The number of nitrogens with zero attached hydrogens (tertiary/aromatic N) is 2. The van der Waals surface area contributed by atoms with Crippen LogP contribution < -0.4 is 0 Å². The number of aromatic amines is 1. The van der Waals surface area contributed by atoms with Crippen molar-refractivity contribution in [1.29, 1.82) is 0 Å². The van der Waals surface area contributed by atoms with Crippen molar-refractivity contribution < 1.29 is 4.79 Å². The molecule has 0 spiro atoms. The van der Waals surface area contributed by atoms with Crippen molar-refractivity contribution in [3.63, 3.8) is 0 Å². The number of amides is 1. The summed E-state index contributed by atoms with van der Waals surface area (Å²) in [7, 11) is 0. The van der Waals surface area contributed by atoms with E-state index in [9.17, 15) is 4.79 Å². The number of carbonyl (C=O) groups excluding carboxylic acids is 1. The van der Waals surface area contributed by atoms with E-state index in [0.29, 0.717) is 0 Å². The summed E-state index contributed by atoms with van der Waals surface area (Å²) in [5, 5.41) is 1.32.